The highest BCUT2D eigenvalue weighted by Crippen LogP contribution is 2.57. The zero-order valence-corrected chi connectivity index (χ0v) is 23.9. The van der Waals surface area contributed by atoms with Crippen LogP contribution in [0.25, 0.3) is 59.2 Å². The first kappa shape index (κ1) is 23.3. The Morgan fingerprint density at radius 1 is 0.780 bits per heavy atom. The van der Waals surface area contributed by atoms with Crippen LogP contribution in [0.3, 0.4) is 0 Å². The molecule has 0 saturated carbocycles. The summed E-state index contributed by atoms with van der Waals surface area (Å²) in [6, 6.07) is 37.7. The van der Waals surface area contributed by atoms with Crippen LogP contribution < -0.4 is 0 Å². The second kappa shape index (κ2) is 8.28. The minimum atomic E-state index is -0.0567. The summed E-state index contributed by atoms with van der Waals surface area (Å²) in [5.41, 5.74) is 13.5. The average Bonchev–Trinajstić information content (AvgIpc) is 3.63. The second-order valence-electron chi connectivity index (χ2n) is 11.9. The molecule has 9 rings (SSSR count). The Labute approximate surface area is 243 Å². The van der Waals surface area contributed by atoms with Crippen LogP contribution in [0.2, 0.25) is 0 Å². The normalized spacial score (nSPS) is 15.5. The van der Waals surface area contributed by atoms with Gasteiger partial charge in [0.2, 0.25) is 0 Å². The van der Waals surface area contributed by atoms with Crippen LogP contribution in [-0.2, 0) is 11.8 Å². The largest absolute Gasteiger partial charge is 0.309 e. The number of aromatic nitrogens is 2. The average molecular weight is 545 g/mol. The van der Waals surface area contributed by atoms with E-state index in [2.05, 4.69) is 120 Å². The number of rotatable bonds is 2. The van der Waals surface area contributed by atoms with Crippen LogP contribution in [0.1, 0.15) is 42.7 Å². The molecule has 2 nitrogen and oxygen atoms in total. The van der Waals surface area contributed by atoms with Crippen molar-refractivity contribution in [2.45, 2.75) is 32.1 Å². The molecular weight excluding hydrogens is 516 g/mol. The maximum atomic E-state index is 4.62. The summed E-state index contributed by atoms with van der Waals surface area (Å²) in [7, 11) is 0. The van der Waals surface area contributed by atoms with Crippen LogP contribution in [0.15, 0.2) is 109 Å². The van der Waals surface area contributed by atoms with E-state index in [9.17, 15) is 0 Å². The molecule has 196 valence electrons. The lowest BCUT2D eigenvalue weighted by atomic mass is 9.77. The Bertz CT molecular complexity index is 2210. The summed E-state index contributed by atoms with van der Waals surface area (Å²) < 4.78 is 5.30. The van der Waals surface area contributed by atoms with Crippen LogP contribution in [0, 0.1) is 0 Å². The molecule has 0 aliphatic heterocycles. The monoisotopic (exact) mass is 544 g/mol. The standard InChI is InChI=1S/C38H28N2S/c1-38(2)30-13-7-6-12-25(30)26-16-17-28-34-32(40(36(28)35(26)38)24-10-4-3-5-11-24)19-18-27-29-22-23(31-14-8-9-21-39-31)15-20-33(29)41-37(27)34/h3-15,18-22H,16-17H2,1-2H3. The molecule has 3 aromatic heterocycles. The van der Waals surface area contributed by atoms with Gasteiger partial charge >= 0.3 is 0 Å². The molecular formula is C38H28N2S. The van der Waals surface area contributed by atoms with Gasteiger partial charge in [-0.2, -0.15) is 0 Å². The van der Waals surface area contributed by atoms with Gasteiger partial charge in [0.1, 0.15) is 0 Å². The molecule has 0 amide bonds. The molecule has 0 saturated heterocycles. The first-order valence-electron chi connectivity index (χ1n) is 14.4. The zero-order chi connectivity index (χ0) is 27.3. The van der Waals surface area contributed by atoms with Crippen LogP contribution >= 0.6 is 11.3 Å². The van der Waals surface area contributed by atoms with Crippen molar-refractivity contribution in [2.75, 3.05) is 0 Å². The van der Waals surface area contributed by atoms with E-state index in [4.69, 9.17) is 0 Å². The van der Waals surface area contributed by atoms with Gasteiger partial charge in [-0.3, -0.25) is 4.98 Å². The van der Waals surface area contributed by atoms with Crippen molar-refractivity contribution in [1.29, 1.82) is 0 Å². The van der Waals surface area contributed by atoms with Crippen molar-refractivity contribution in [1.82, 2.24) is 9.55 Å². The lowest BCUT2D eigenvalue weighted by molar-refractivity contribution is 0.695. The van der Waals surface area contributed by atoms with Crippen molar-refractivity contribution in [3.05, 3.63) is 132 Å². The minimum Gasteiger partial charge on any atom is -0.309 e. The first-order valence-corrected chi connectivity index (χ1v) is 15.3. The highest BCUT2D eigenvalue weighted by molar-refractivity contribution is 7.26. The summed E-state index contributed by atoms with van der Waals surface area (Å²) in [4.78, 5) is 4.62. The van der Waals surface area contributed by atoms with E-state index in [1.54, 1.807) is 0 Å². The third kappa shape index (κ3) is 3.10. The summed E-state index contributed by atoms with van der Waals surface area (Å²) in [5, 5.41) is 4.10. The second-order valence-corrected chi connectivity index (χ2v) is 12.9. The van der Waals surface area contributed by atoms with Crippen molar-refractivity contribution in [2.24, 2.45) is 0 Å². The molecule has 0 spiro atoms. The third-order valence-corrected chi connectivity index (χ3v) is 10.6. The van der Waals surface area contributed by atoms with Crippen LogP contribution in [0.4, 0.5) is 0 Å². The molecule has 3 heterocycles. The zero-order valence-electron chi connectivity index (χ0n) is 23.1. The van der Waals surface area contributed by atoms with Gasteiger partial charge in [-0.25, -0.2) is 0 Å². The summed E-state index contributed by atoms with van der Waals surface area (Å²) in [6.45, 7) is 4.84. The van der Waals surface area contributed by atoms with E-state index in [0.717, 1.165) is 18.5 Å². The Morgan fingerprint density at radius 2 is 1.61 bits per heavy atom. The molecule has 0 atom stereocenters. The molecule has 0 fully saturated rings. The number of nitrogens with zero attached hydrogens (tertiary/aromatic N) is 2. The van der Waals surface area contributed by atoms with E-state index in [1.165, 1.54) is 75.9 Å². The van der Waals surface area contributed by atoms with E-state index in [0.29, 0.717) is 0 Å². The fraction of sp³-hybridized carbons (Fsp3) is 0.132. The predicted molar refractivity (Wildman–Crippen MR) is 174 cm³/mol. The number of fused-ring (bicyclic) bond motifs is 10. The summed E-state index contributed by atoms with van der Waals surface area (Å²) >= 11 is 1.94. The number of pyridine rings is 1. The first-order chi connectivity index (χ1) is 20.1. The van der Waals surface area contributed by atoms with Gasteiger partial charge in [-0.1, -0.05) is 74.5 Å². The summed E-state index contributed by atoms with van der Waals surface area (Å²) in [5.74, 6) is 0. The van der Waals surface area contributed by atoms with E-state index in [-0.39, 0.29) is 5.41 Å². The molecule has 41 heavy (non-hydrogen) atoms. The van der Waals surface area contributed by atoms with E-state index in [1.807, 2.05) is 23.6 Å². The Hall–Kier alpha value is -4.47. The number of allylic oxidation sites excluding steroid dienone is 2. The number of benzene rings is 4. The molecule has 0 unspecified atom stereocenters. The van der Waals surface area contributed by atoms with Crippen molar-refractivity contribution >= 4 is 53.6 Å². The molecule has 0 N–H and O–H groups in total. The minimum absolute atomic E-state index is 0.0567. The van der Waals surface area contributed by atoms with Crippen molar-refractivity contribution in [3.63, 3.8) is 0 Å². The molecule has 2 aliphatic rings. The maximum Gasteiger partial charge on any atom is 0.0702 e. The van der Waals surface area contributed by atoms with Gasteiger partial charge in [-0.15, -0.1) is 11.3 Å². The fourth-order valence-corrected chi connectivity index (χ4v) is 8.86. The Morgan fingerprint density at radius 3 is 2.46 bits per heavy atom. The molecule has 4 aromatic carbocycles. The molecule has 2 aliphatic carbocycles. The maximum absolute atomic E-state index is 4.62. The third-order valence-electron chi connectivity index (χ3n) is 9.36. The number of hydrogen-bond donors (Lipinski definition) is 0. The van der Waals surface area contributed by atoms with Gasteiger partial charge in [0, 0.05) is 48.4 Å². The van der Waals surface area contributed by atoms with E-state index >= 15 is 0 Å². The van der Waals surface area contributed by atoms with Crippen LogP contribution in [-0.4, -0.2) is 9.55 Å². The smallest absolute Gasteiger partial charge is 0.0702 e. The highest BCUT2D eigenvalue weighted by atomic mass is 32.1. The van der Waals surface area contributed by atoms with Gasteiger partial charge < -0.3 is 4.57 Å². The topological polar surface area (TPSA) is 17.8 Å². The van der Waals surface area contributed by atoms with Gasteiger partial charge in [-0.05, 0) is 83.1 Å². The number of hydrogen-bond acceptors (Lipinski definition) is 2. The van der Waals surface area contributed by atoms with Gasteiger partial charge in [0.25, 0.3) is 0 Å². The number of aryl methyl sites for hydroxylation is 1. The molecule has 7 aromatic rings. The van der Waals surface area contributed by atoms with Gasteiger partial charge in [0.15, 0.2) is 0 Å². The van der Waals surface area contributed by atoms with Gasteiger partial charge in [0.05, 0.1) is 16.9 Å². The SMILES string of the molecule is CC1(C)C2=C(CCc3c2n(-c2ccccc2)c2ccc4c5cc(-c6ccccn6)ccc5sc4c32)c2ccccc21. The lowest BCUT2D eigenvalue weighted by Crippen LogP contribution is -2.20. The molecule has 0 radical (unpaired) electrons. The summed E-state index contributed by atoms with van der Waals surface area (Å²) in [6.07, 6.45) is 4.02. The fourth-order valence-electron chi connectivity index (χ4n) is 7.61. The Kier molecular flexibility index (Phi) is 4.70. The van der Waals surface area contributed by atoms with Crippen LogP contribution in [0.5, 0.6) is 0 Å². The number of thiophene rings is 1. The molecule has 3 heteroatoms. The lowest BCUT2D eigenvalue weighted by Gasteiger charge is -2.29. The van der Waals surface area contributed by atoms with Crippen molar-refractivity contribution in [3.8, 4) is 16.9 Å². The number of para-hydroxylation sites is 1. The highest BCUT2D eigenvalue weighted by Gasteiger charge is 2.43. The van der Waals surface area contributed by atoms with Crippen molar-refractivity contribution < 1.29 is 0 Å². The molecule has 0 bridgehead atoms. The quantitative estimate of drug-likeness (QED) is 0.212. The Balaban J connectivity index is 1.39. The van der Waals surface area contributed by atoms with E-state index < -0.39 is 0 Å². The predicted octanol–water partition coefficient (Wildman–Crippen LogP) is 10.2.